The molecule has 0 aromatic carbocycles. The molecule has 1 aromatic rings. The van der Waals surface area contributed by atoms with Gasteiger partial charge in [0.15, 0.2) is 0 Å². The van der Waals surface area contributed by atoms with Gasteiger partial charge in [0.1, 0.15) is 5.54 Å². The van der Waals surface area contributed by atoms with Crippen molar-refractivity contribution in [2.75, 3.05) is 19.6 Å². The number of likely N-dealkylation sites (tertiary alicyclic amines) is 1. The second-order valence-electron chi connectivity index (χ2n) is 10.7. The van der Waals surface area contributed by atoms with Crippen LogP contribution < -0.4 is 0 Å². The minimum atomic E-state index is -0.429. The van der Waals surface area contributed by atoms with E-state index in [2.05, 4.69) is 30.2 Å². The van der Waals surface area contributed by atoms with E-state index in [0.717, 1.165) is 57.3 Å². The van der Waals surface area contributed by atoms with Gasteiger partial charge >= 0.3 is 0 Å². The molecule has 5 rings (SSSR count). The van der Waals surface area contributed by atoms with Crippen LogP contribution in [0.15, 0.2) is 6.33 Å². The summed E-state index contributed by atoms with van der Waals surface area (Å²) >= 11 is 0. The third-order valence-corrected chi connectivity index (χ3v) is 8.13. The first-order chi connectivity index (χ1) is 13.8. The second kappa shape index (κ2) is 6.32. The first-order valence-corrected chi connectivity index (χ1v) is 11.4. The Morgan fingerprint density at radius 2 is 1.97 bits per heavy atom. The maximum Gasteiger partial charge on any atom is 0.226 e. The van der Waals surface area contributed by atoms with E-state index in [1.165, 1.54) is 5.69 Å². The van der Waals surface area contributed by atoms with Gasteiger partial charge in [-0.25, -0.2) is 4.98 Å². The minimum Gasteiger partial charge on any atom is -0.340 e. The van der Waals surface area contributed by atoms with Crippen LogP contribution in [0.25, 0.3) is 0 Å². The van der Waals surface area contributed by atoms with Gasteiger partial charge in [0, 0.05) is 50.6 Å². The molecule has 0 radical (unpaired) electrons. The lowest BCUT2D eigenvalue weighted by Gasteiger charge is -2.45. The molecule has 3 heterocycles. The van der Waals surface area contributed by atoms with E-state index in [9.17, 15) is 9.59 Å². The van der Waals surface area contributed by atoms with Gasteiger partial charge in [-0.05, 0) is 37.0 Å². The topological polar surface area (TPSA) is 58.4 Å². The zero-order valence-corrected chi connectivity index (χ0v) is 18.3. The van der Waals surface area contributed by atoms with Crippen molar-refractivity contribution in [3.8, 4) is 0 Å². The molecule has 1 saturated heterocycles. The molecule has 29 heavy (non-hydrogen) atoms. The Hall–Kier alpha value is -1.85. The normalized spacial score (nSPS) is 33.0. The van der Waals surface area contributed by atoms with Gasteiger partial charge < -0.3 is 14.4 Å². The molecule has 2 aliphatic carbocycles. The molecule has 0 N–H and O–H groups in total. The highest BCUT2D eigenvalue weighted by Crippen LogP contribution is 2.50. The van der Waals surface area contributed by atoms with E-state index in [4.69, 9.17) is 4.98 Å². The molecule has 1 spiro atoms. The smallest absolute Gasteiger partial charge is 0.226 e. The highest BCUT2D eigenvalue weighted by atomic mass is 16.2. The number of aryl methyl sites for hydroxylation is 1. The Labute approximate surface area is 173 Å². The summed E-state index contributed by atoms with van der Waals surface area (Å²) in [6.07, 6.45) is 7.61. The minimum absolute atomic E-state index is 0.156. The van der Waals surface area contributed by atoms with Gasteiger partial charge in [-0.2, -0.15) is 0 Å². The van der Waals surface area contributed by atoms with Gasteiger partial charge in [0.05, 0.1) is 12.0 Å². The van der Waals surface area contributed by atoms with Crippen LogP contribution in [0.4, 0.5) is 0 Å². The third kappa shape index (κ3) is 2.85. The number of hydrogen-bond acceptors (Lipinski definition) is 3. The number of nitrogens with zero attached hydrogens (tertiary/aromatic N) is 4. The van der Waals surface area contributed by atoms with Crippen molar-refractivity contribution in [2.45, 2.75) is 64.8 Å². The van der Waals surface area contributed by atoms with Crippen molar-refractivity contribution in [2.24, 2.45) is 30.2 Å². The number of aromatic nitrogens is 2. The molecular formula is C23H34N4O2. The van der Waals surface area contributed by atoms with Gasteiger partial charge in [-0.15, -0.1) is 0 Å². The fraction of sp³-hybridized carbons (Fsp3) is 0.783. The molecular weight excluding hydrogens is 364 g/mol. The number of carbonyl (C=O) groups is 2. The van der Waals surface area contributed by atoms with Crippen molar-refractivity contribution < 1.29 is 9.59 Å². The number of hydrogen-bond donors (Lipinski definition) is 0. The van der Waals surface area contributed by atoms with Crippen LogP contribution in [0.5, 0.6) is 0 Å². The van der Waals surface area contributed by atoms with Crippen molar-refractivity contribution >= 4 is 11.8 Å². The van der Waals surface area contributed by atoms with Crippen LogP contribution in [-0.4, -0.2) is 50.8 Å². The number of carbonyl (C=O) groups excluding carboxylic acids is 2. The first-order valence-electron chi connectivity index (χ1n) is 11.4. The van der Waals surface area contributed by atoms with Crippen LogP contribution in [0.2, 0.25) is 0 Å². The van der Waals surface area contributed by atoms with Gasteiger partial charge in [-0.3, -0.25) is 9.59 Å². The molecule has 2 amide bonds. The predicted molar refractivity (Wildman–Crippen MR) is 110 cm³/mol. The second-order valence-corrected chi connectivity index (χ2v) is 10.7. The molecule has 6 nitrogen and oxygen atoms in total. The van der Waals surface area contributed by atoms with Gasteiger partial charge in [0.25, 0.3) is 0 Å². The van der Waals surface area contributed by atoms with Crippen LogP contribution in [0.3, 0.4) is 0 Å². The fourth-order valence-corrected chi connectivity index (χ4v) is 6.32. The number of imidazole rings is 1. The van der Waals surface area contributed by atoms with E-state index in [-0.39, 0.29) is 17.7 Å². The number of rotatable bonds is 3. The van der Waals surface area contributed by atoms with Crippen molar-refractivity contribution in [3.05, 3.63) is 17.7 Å². The van der Waals surface area contributed by atoms with E-state index in [0.29, 0.717) is 23.8 Å². The van der Waals surface area contributed by atoms with Crippen molar-refractivity contribution in [1.29, 1.82) is 0 Å². The molecule has 158 valence electrons. The SMILES string of the molecule is CC[C@@H]1C[C@H]1C(=O)N1CCc2c(ncn2C)C12CCN(C(=O)C1CC(C)(C)C1)C2. The Morgan fingerprint density at radius 1 is 1.21 bits per heavy atom. The van der Waals surface area contributed by atoms with Gasteiger partial charge in [0.2, 0.25) is 11.8 Å². The summed E-state index contributed by atoms with van der Waals surface area (Å²) in [6, 6.07) is 0. The fourth-order valence-electron chi connectivity index (χ4n) is 6.32. The van der Waals surface area contributed by atoms with Gasteiger partial charge in [-0.1, -0.05) is 27.2 Å². The van der Waals surface area contributed by atoms with Crippen molar-refractivity contribution in [1.82, 2.24) is 19.4 Å². The van der Waals surface area contributed by atoms with Crippen LogP contribution in [0, 0.1) is 23.2 Å². The molecule has 1 aromatic heterocycles. The van der Waals surface area contributed by atoms with Crippen LogP contribution in [-0.2, 0) is 28.6 Å². The Morgan fingerprint density at radius 3 is 2.62 bits per heavy atom. The molecule has 4 aliphatic rings. The summed E-state index contributed by atoms with van der Waals surface area (Å²) in [7, 11) is 2.04. The largest absolute Gasteiger partial charge is 0.340 e. The Balaban J connectivity index is 1.43. The van der Waals surface area contributed by atoms with Crippen LogP contribution >= 0.6 is 0 Å². The third-order valence-electron chi connectivity index (χ3n) is 8.13. The number of amides is 2. The van der Waals surface area contributed by atoms with E-state index in [1.54, 1.807) is 0 Å². The lowest BCUT2D eigenvalue weighted by molar-refractivity contribution is -0.145. The summed E-state index contributed by atoms with van der Waals surface area (Å²) in [5, 5.41) is 0. The maximum absolute atomic E-state index is 13.5. The molecule has 2 aliphatic heterocycles. The Bertz CT molecular complexity index is 851. The molecule has 3 fully saturated rings. The Kier molecular flexibility index (Phi) is 4.17. The first kappa shape index (κ1) is 19.1. The van der Waals surface area contributed by atoms with Crippen LogP contribution in [0.1, 0.15) is 64.3 Å². The highest BCUT2D eigenvalue weighted by molar-refractivity contribution is 5.84. The predicted octanol–water partition coefficient (Wildman–Crippen LogP) is 2.71. The zero-order valence-electron chi connectivity index (χ0n) is 18.3. The quantitative estimate of drug-likeness (QED) is 0.787. The molecule has 2 saturated carbocycles. The zero-order chi connectivity index (χ0) is 20.6. The average Bonchev–Trinajstić information content (AvgIpc) is 3.19. The average molecular weight is 399 g/mol. The summed E-state index contributed by atoms with van der Waals surface area (Å²) in [6.45, 7) is 8.75. The molecule has 1 unspecified atom stereocenters. The summed E-state index contributed by atoms with van der Waals surface area (Å²) in [5.41, 5.74) is 2.13. The van der Waals surface area contributed by atoms with E-state index >= 15 is 0 Å². The molecule has 0 bridgehead atoms. The molecule has 6 heteroatoms. The van der Waals surface area contributed by atoms with E-state index < -0.39 is 5.54 Å². The number of fused-ring (bicyclic) bond motifs is 2. The summed E-state index contributed by atoms with van der Waals surface area (Å²) < 4.78 is 2.10. The van der Waals surface area contributed by atoms with Crippen molar-refractivity contribution in [3.63, 3.8) is 0 Å². The molecule has 3 atom stereocenters. The lowest BCUT2D eigenvalue weighted by atomic mass is 9.64. The van der Waals surface area contributed by atoms with E-state index in [1.807, 2.05) is 18.3 Å². The lowest BCUT2D eigenvalue weighted by Crippen LogP contribution is -2.56. The standard InChI is InChI=1S/C23H34N4O2/c1-5-15-10-17(15)21(29)27-8-6-18-19(24-14-25(18)4)23(27)7-9-26(13-23)20(28)16-11-22(2,3)12-16/h14-17H,5-13H2,1-4H3/t15-,17-,23?/m1/s1. The highest BCUT2D eigenvalue weighted by Gasteiger charge is 2.56. The maximum atomic E-state index is 13.5. The monoisotopic (exact) mass is 398 g/mol. The summed E-state index contributed by atoms with van der Waals surface area (Å²) in [5.74, 6) is 1.46. The summed E-state index contributed by atoms with van der Waals surface area (Å²) in [4.78, 5) is 35.6.